The average molecular weight is 387 g/mol. The van der Waals surface area contributed by atoms with Gasteiger partial charge in [0.25, 0.3) is 6.33 Å². The zero-order valence-corrected chi connectivity index (χ0v) is 14.7. The Morgan fingerprint density at radius 1 is 1.08 bits per heavy atom. The largest absolute Gasteiger partial charge is 1.00 e. The molecule has 24 heavy (non-hydrogen) atoms. The van der Waals surface area contributed by atoms with E-state index in [0.29, 0.717) is 5.56 Å². The van der Waals surface area contributed by atoms with Gasteiger partial charge in [0, 0.05) is 17.2 Å². The molecule has 122 valence electrons. The van der Waals surface area contributed by atoms with E-state index >= 15 is 0 Å². The Labute approximate surface area is 150 Å². The number of halogens is 2. The summed E-state index contributed by atoms with van der Waals surface area (Å²) in [7, 11) is 0. The minimum atomic E-state index is -0.349. The molecule has 1 aromatic heterocycles. The molecule has 3 nitrogen and oxygen atoms in total. The van der Waals surface area contributed by atoms with Crippen LogP contribution in [0.1, 0.15) is 15.9 Å². The van der Waals surface area contributed by atoms with Crippen molar-refractivity contribution in [2.75, 3.05) is 0 Å². The molecule has 0 amide bonds. The third kappa shape index (κ3) is 4.11. The van der Waals surface area contributed by atoms with E-state index in [1.807, 2.05) is 43.5 Å². The molecule has 0 saturated heterocycles. The van der Waals surface area contributed by atoms with Crippen LogP contribution in [0.2, 0.25) is 0 Å². The van der Waals surface area contributed by atoms with Crippen molar-refractivity contribution in [2.24, 2.45) is 0 Å². The molecule has 1 heterocycles. The van der Waals surface area contributed by atoms with Crippen LogP contribution >= 0.6 is 0 Å². The Hall–Kier alpha value is -2.40. The second-order valence-corrected chi connectivity index (χ2v) is 5.36. The number of hydrogen-bond donors (Lipinski definition) is 0. The molecule has 3 rings (SSSR count). The van der Waals surface area contributed by atoms with Gasteiger partial charge in [-0.1, -0.05) is 24.3 Å². The van der Waals surface area contributed by atoms with Gasteiger partial charge in [-0.15, -0.1) is 0 Å². The van der Waals surface area contributed by atoms with Gasteiger partial charge >= 0.3 is 0 Å². The normalized spacial score (nSPS) is 10.1. The zero-order valence-electron chi connectivity index (χ0n) is 13.1. The molecular weight excluding hydrogens is 371 g/mol. The second-order valence-electron chi connectivity index (χ2n) is 5.36. The molecule has 3 aromatic rings. The minimum Gasteiger partial charge on any atom is -1.00 e. The van der Waals surface area contributed by atoms with Gasteiger partial charge in [-0.25, -0.2) is 8.96 Å². The summed E-state index contributed by atoms with van der Waals surface area (Å²) in [5.41, 5.74) is 3.58. The molecule has 0 fully saturated rings. The number of carbonyl (C=O) groups excluding carboxylic acids is 1. The quantitative estimate of drug-likeness (QED) is 0.479. The molecule has 0 aliphatic heterocycles. The molecule has 0 radical (unpaired) electrons. The Morgan fingerprint density at radius 2 is 1.79 bits per heavy atom. The molecule has 0 N–H and O–H groups in total. The van der Waals surface area contributed by atoms with E-state index in [2.05, 4.69) is 4.98 Å². The van der Waals surface area contributed by atoms with Gasteiger partial charge in [-0.3, -0.25) is 4.79 Å². The van der Waals surface area contributed by atoms with Gasteiger partial charge in [0.15, 0.2) is 12.2 Å². The molecular formula is C19H16BrFN2O. The lowest BCUT2D eigenvalue weighted by atomic mass is 10.1. The van der Waals surface area contributed by atoms with Crippen molar-refractivity contribution in [2.45, 2.75) is 13.5 Å². The standard InChI is InChI=1S/C19H16FN2O.BrH/c1-14-4-2-3-5-17(14)18-10-11-22(13-21-18)12-19(23)15-6-8-16(20)9-7-15;/h2-11,13H,12H2,1H3;1H/q+1;/p-1. The van der Waals surface area contributed by atoms with Crippen LogP contribution < -0.4 is 21.5 Å². The first-order valence-electron chi connectivity index (χ1n) is 7.33. The summed E-state index contributed by atoms with van der Waals surface area (Å²) < 4.78 is 14.6. The number of hydrogen-bond acceptors (Lipinski definition) is 2. The van der Waals surface area contributed by atoms with E-state index in [1.165, 1.54) is 24.3 Å². The van der Waals surface area contributed by atoms with Gasteiger partial charge in [-0.05, 0) is 41.7 Å². The summed E-state index contributed by atoms with van der Waals surface area (Å²) in [4.78, 5) is 16.6. The molecule has 2 aromatic carbocycles. The van der Waals surface area contributed by atoms with Crippen LogP contribution in [0, 0.1) is 12.7 Å². The summed E-state index contributed by atoms with van der Waals surface area (Å²) in [6, 6.07) is 15.5. The smallest absolute Gasteiger partial charge is 0.287 e. The highest BCUT2D eigenvalue weighted by Crippen LogP contribution is 2.19. The first-order chi connectivity index (χ1) is 11.1. The van der Waals surface area contributed by atoms with Crippen molar-refractivity contribution < 1.29 is 30.7 Å². The van der Waals surface area contributed by atoms with E-state index in [4.69, 9.17) is 0 Å². The van der Waals surface area contributed by atoms with Crippen LogP contribution in [-0.2, 0) is 6.54 Å². The highest BCUT2D eigenvalue weighted by Gasteiger charge is 2.12. The van der Waals surface area contributed by atoms with Crippen molar-refractivity contribution in [3.8, 4) is 11.3 Å². The predicted molar refractivity (Wildman–Crippen MR) is 85.3 cm³/mol. The number of aromatic nitrogens is 2. The van der Waals surface area contributed by atoms with Crippen molar-refractivity contribution in [1.29, 1.82) is 0 Å². The topological polar surface area (TPSA) is 33.8 Å². The lowest BCUT2D eigenvalue weighted by molar-refractivity contribution is -0.686. The van der Waals surface area contributed by atoms with Crippen molar-refractivity contribution >= 4 is 5.78 Å². The van der Waals surface area contributed by atoms with Gasteiger partial charge in [0.05, 0.1) is 6.20 Å². The fraction of sp³-hybridized carbons (Fsp3) is 0.105. The maximum absolute atomic E-state index is 12.9. The number of nitrogens with zero attached hydrogens (tertiary/aromatic N) is 2. The van der Waals surface area contributed by atoms with Crippen LogP contribution in [0.5, 0.6) is 0 Å². The highest BCUT2D eigenvalue weighted by atomic mass is 79.9. The number of rotatable bonds is 4. The van der Waals surface area contributed by atoms with E-state index in [0.717, 1.165) is 16.8 Å². The Bertz CT molecular complexity index is 833. The monoisotopic (exact) mass is 386 g/mol. The van der Waals surface area contributed by atoms with E-state index in [9.17, 15) is 9.18 Å². The van der Waals surface area contributed by atoms with Crippen LogP contribution in [0.15, 0.2) is 67.1 Å². The van der Waals surface area contributed by atoms with Gasteiger partial charge < -0.3 is 17.0 Å². The Balaban J connectivity index is 0.00000208. The van der Waals surface area contributed by atoms with Gasteiger partial charge in [0.2, 0.25) is 5.78 Å². The summed E-state index contributed by atoms with van der Waals surface area (Å²) in [5.74, 6) is -0.432. The fourth-order valence-corrected chi connectivity index (χ4v) is 2.39. The van der Waals surface area contributed by atoms with Crippen LogP contribution in [-0.4, -0.2) is 10.8 Å². The molecule has 0 spiro atoms. The molecule has 0 bridgehead atoms. The van der Waals surface area contributed by atoms with Gasteiger partial charge in [-0.2, -0.15) is 0 Å². The van der Waals surface area contributed by atoms with E-state index in [-0.39, 0.29) is 35.1 Å². The number of Topliss-reactive ketones (excluding diaryl/α,β-unsaturated/α-hetero) is 1. The van der Waals surface area contributed by atoms with Crippen molar-refractivity contribution in [3.05, 3.63) is 84.1 Å². The van der Waals surface area contributed by atoms with E-state index < -0.39 is 0 Å². The zero-order chi connectivity index (χ0) is 16.2. The van der Waals surface area contributed by atoms with Crippen LogP contribution in [0.25, 0.3) is 11.3 Å². The molecule has 0 saturated carbocycles. The van der Waals surface area contributed by atoms with Gasteiger partial charge in [0.1, 0.15) is 5.82 Å². The summed E-state index contributed by atoms with van der Waals surface area (Å²) in [5, 5.41) is 0. The maximum atomic E-state index is 12.9. The van der Waals surface area contributed by atoms with Crippen LogP contribution in [0.3, 0.4) is 0 Å². The third-order valence-electron chi connectivity index (χ3n) is 3.68. The number of carbonyl (C=O) groups is 1. The molecule has 5 heteroatoms. The first-order valence-corrected chi connectivity index (χ1v) is 7.33. The van der Waals surface area contributed by atoms with Crippen LogP contribution in [0.4, 0.5) is 4.39 Å². The lowest BCUT2D eigenvalue weighted by Gasteiger charge is -2.02. The summed E-state index contributed by atoms with van der Waals surface area (Å²) >= 11 is 0. The first kappa shape index (κ1) is 17.9. The average Bonchev–Trinajstić information content (AvgIpc) is 2.57. The van der Waals surface area contributed by atoms with Crippen molar-refractivity contribution in [3.63, 3.8) is 0 Å². The SMILES string of the molecule is Cc1ccccc1-c1cc[n+](CC(=O)c2ccc(F)cc2)cn1.[Br-]. The van der Waals surface area contributed by atoms with Crippen molar-refractivity contribution in [1.82, 2.24) is 4.98 Å². The highest BCUT2D eigenvalue weighted by molar-refractivity contribution is 5.94. The Kier molecular flexibility index (Phi) is 5.93. The Morgan fingerprint density at radius 3 is 2.42 bits per heavy atom. The maximum Gasteiger partial charge on any atom is 0.287 e. The molecule has 0 aliphatic carbocycles. The summed E-state index contributed by atoms with van der Waals surface area (Å²) in [6.45, 7) is 2.21. The fourth-order valence-electron chi connectivity index (χ4n) is 2.39. The predicted octanol–water partition coefficient (Wildman–Crippen LogP) is 0.371. The number of aryl methyl sites for hydroxylation is 1. The number of ketones is 1. The minimum absolute atomic E-state index is 0. The third-order valence-corrected chi connectivity index (χ3v) is 3.68. The molecule has 0 aliphatic rings. The molecule has 0 unspecified atom stereocenters. The number of benzene rings is 2. The molecule has 0 atom stereocenters. The second kappa shape index (κ2) is 7.93. The lowest BCUT2D eigenvalue weighted by Crippen LogP contribution is -3.00. The summed E-state index contributed by atoms with van der Waals surface area (Å²) in [6.07, 6.45) is 3.47. The van der Waals surface area contributed by atoms with E-state index in [1.54, 1.807) is 10.9 Å².